The predicted molar refractivity (Wildman–Crippen MR) is 72.6 cm³/mol. The molecule has 3 heteroatoms. The minimum Gasteiger partial charge on any atom is -0.492 e. The Morgan fingerprint density at radius 3 is 2.78 bits per heavy atom. The highest BCUT2D eigenvalue weighted by Gasteiger charge is 1.97. The van der Waals surface area contributed by atoms with Crippen molar-refractivity contribution in [3.63, 3.8) is 0 Å². The summed E-state index contributed by atoms with van der Waals surface area (Å²) in [7, 11) is 0. The van der Waals surface area contributed by atoms with Gasteiger partial charge in [-0.25, -0.2) is 0 Å². The van der Waals surface area contributed by atoms with Crippen LogP contribution >= 0.6 is 0 Å². The molecule has 0 unspecified atom stereocenters. The van der Waals surface area contributed by atoms with Gasteiger partial charge in [-0.3, -0.25) is 4.79 Å². The molecule has 92 valence electrons. The molecule has 0 aromatic heterocycles. The molecule has 1 N–H and O–H groups in total. The van der Waals surface area contributed by atoms with Gasteiger partial charge in [0, 0.05) is 0 Å². The van der Waals surface area contributed by atoms with Crippen molar-refractivity contribution in [2.24, 2.45) is 0 Å². The fraction of sp³-hybridized carbons (Fsp3) is 0.133. The van der Waals surface area contributed by atoms with Crippen molar-refractivity contribution in [2.75, 3.05) is 13.2 Å². The number of amides is 1. The largest absolute Gasteiger partial charge is 0.492 e. The molecular formula is C15H15NO2. The molecule has 0 aliphatic carbocycles. The zero-order chi connectivity index (χ0) is 12.8. The van der Waals surface area contributed by atoms with E-state index in [0.29, 0.717) is 13.2 Å². The fourth-order valence-corrected chi connectivity index (χ4v) is 1.67. The van der Waals surface area contributed by atoms with Crippen LogP contribution in [-0.2, 0) is 4.79 Å². The molecule has 3 nitrogen and oxygen atoms in total. The maximum absolute atomic E-state index is 10.9. The smallest absolute Gasteiger partial charge is 0.243 e. The Labute approximate surface area is 106 Å². The van der Waals surface area contributed by atoms with Gasteiger partial charge in [-0.2, -0.15) is 0 Å². The number of benzene rings is 2. The normalized spacial score (nSPS) is 10.0. The molecule has 0 fully saturated rings. The van der Waals surface area contributed by atoms with E-state index in [-0.39, 0.29) is 5.91 Å². The van der Waals surface area contributed by atoms with Crippen LogP contribution in [0.5, 0.6) is 5.75 Å². The summed E-state index contributed by atoms with van der Waals surface area (Å²) in [6.45, 7) is 4.29. The van der Waals surface area contributed by atoms with Gasteiger partial charge in [0.1, 0.15) is 12.4 Å². The highest BCUT2D eigenvalue weighted by Crippen LogP contribution is 2.20. The summed E-state index contributed by atoms with van der Waals surface area (Å²) in [4.78, 5) is 10.9. The second-order valence-corrected chi connectivity index (χ2v) is 3.85. The summed E-state index contributed by atoms with van der Waals surface area (Å²) in [6.07, 6.45) is 1.25. The van der Waals surface area contributed by atoms with Crippen LogP contribution in [-0.4, -0.2) is 19.1 Å². The Morgan fingerprint density at radius 2 is 2.00 bits per heavy atom. The molecule has 0 aliphatic rings. The maximum Gasteiger partial charge on any atom is 0.243 e. The van der Waals surface area contributed by atoms with Gasteiger partial charge in [0.05, 0.1) is 6.54 Å². The average molecular weight is 241 g/mol. The molecule has 0 atom stereocenters. The minimum atomic E-state index is -0.183. The highest BCUT2D eigenvalue weighted by molar-refractivity contribution is 5.86. The van der Waals surface area contributed by atoms with E-state index in [0.717, 1.165) is 11.1 Å². The lowest BCUT2D eigenvalue weighted by Crippen LogP contribution is -2.26. The van der Waals surface area contributed by atoms with Gasteiger partial charge in [-0.15, -0.1) is 0 Å². The molecule has 0 saturated heterocycles. The Bertz CT molecular complexity index is 563. The van der Waals surface area contributed by atoms with E-state index in [2.05, 4.69) is 18.0 Å². The predicted octanol–water partition coefficient (Wildman–Crippen LogP) is 2.52. The number of rotatable bonds is 5. The number of hydrogen-bond acceptors (Lipinski definition) is 2. The molecule has 0 spiro atoms. The monoisotopic (exact) mass is 241 g/mol. The van der Waals surface area contributed by atoms with Crippen LogP contribution < -0.4 is 10.1 Å². The van der Waals surface area contributed by atoms with Crippen molar-refractivity contribution in [3.8, 4) is 5.75 Å². The molecule has 0 saturated carbocycles. The Balaban J connectivity index is 1.91. The summed E-state index contributed by atoms with van der Waals surface area (Å²) in [6, 6.07) is 14.0. The molecule has 0 aliphatic heterocycles. The third-order valence-corrected chi connectivity index (χ3v) is 2.58. The number of fused-ring (bicyclic) bond motifs is 1. The van der Waals surface area contributed by atoms with Crippen LogP contribution in [0.25, 0.3) is 10.8 Å². The van der Waals surface area contributed by atoms with Crippen LogP contribution in [0.15, 0.2) is 55.1 Å². The second-order valence-electron chi connectivity index (χ2n) is 3.85. The van der Waals surface area contributed by atoms with Crippen molar-refractivity contribution in [2.45, 2.75) is 0 Å². The van der Waals surface area contributed by atoms with Gasteiger partial charge >= 0.3 is 0 Å². The first kappa shape index (κ1) is 12.2. The van der Waals surface area contributed by atoms with Crippen molar-refractivity contribution in [3.05, 3.63) is 55.1 Å². The molecule has 0 heterocycles. The highest BCUT2D eigenvalue weighted by atomic mass is 16.5. The molecule has 2 aromatic rings. The van der Waals surface area contributed by atoms with Crippen LogP contribution in [0.1, 0.15) is 0 Å². The van der Waals surface area contributed by atoms with Gasteiger partial charge in [-0.1, -0.05) is 36.9 Å². The van der Waals surface area contributed by atoms with Gasteiger partial charge in [0.15, 0.2) is 0 Å². The molecule has 1 amide bonds. The Morgan fingerprint density at radius 1 is 1.22 bits per heavy atom. The zero-order valence-corrected chi connectivity index (χ0v) is 10.1. The van der Waals surface area contributed by atoms with Crippen molar-refractivity contribution in [1.82, 2.24) is 5.32 Å². The average Bonchev–Trinajstić information content (AvgIpc) is 2.43. The summed E-state index contributed by atoms with van der Waals surface area (Å²) >= 11 is 0. The maximum atomic E-state index is 10.9. The quantitative estimate of drug-likeness (QED) is 0.645. The number of nitrogens with one attached hydrogen (secondary N) is 1. The topological polar surface area (TPSA) is 38.3 Å². The molecule has 0 radical (unpaired) electrons. The first-order valence-electron chi connectivity index (χ1n) is 5.81. The number of carbonyl (C=O) groups excluding carboxylic acids is 1. The van der Waals surface area contributed by atoms with E-state index in [1.54, 1.807) is 0 Å². The van der Waals surface area contributed by atoms with E-state index in [4.69, 9.17) is 4.74 Å². The summed E-state index contributed by atoms with van der Waals surface area (Å²) in [5.41, 5.74) is 0. The van der Waals surface area contributed by atoms with E-state index in [1.165, 1.54) is 11.5 Å². The zero-order valence-electron chi connectivity index (χ0n) is 10.1. The van der Waals surface area contributed by atoms with E-state index < -0.39 is 0 Å². The Hall–Kier alpha value is -2.29. The third kappa shape index (κ3) is 3.10. The lowest BCUT2D eigenvalue weighted by atomic mass is 10.1. The van der Waals surface area contributed by atoms with Crippen LogP contribution in [0.4, 0.5) is 0 Å². The standard InChI is InChI=1S/C15H15NO2/c1-2-15(17)16-9-10-18-14-8-7-12-5-3-4-6-13(12)11-14/h2-8,11H,1,9-10H2,(H,16,17). The molecule has 2 rings (SSSR count). The van der Waals surface area contributed by atoms with E-state index in [9.17, 15) is 4.79 Å². The van der Waals surface area contributed by atoms with Gasteiger partial charge in [0.25, 0.3) is 0 Å². The van der Waals surface area contributed by atoms with Crippen molar-refractivity contribution in [1.29, 1.82) is 0 Å². The van der Waals surface area contributed by atoms with Crippen LogP contribution in [0, 0.1) is 0 Å². The fourth-order valence-electron chi connectivity index (χ4n) is 1.67. The van der Waals surface area contributed by atoms with Crippen molar-refractivity contribution < 1.29 is 9.53 Å². The first-order valence-corrected chi connectivity index (χ1v) is 5.81. The molecular weight excluding hydrogens is 226 g/mol. The Kier molecular flexibility index (Phi) is 3.97. The second kappa shape index (κ2) is 5.87. The third-order valence-electron chi connectivity index (χ3n) is 2.58. The lowest BCUT2D eigenvalue weighted by molar-refractivity contribution is -0.116. The van der Waals surface area contributed by atoms with Crippen LogP contribution in [0.3, 0.4) is 0 Å². The number of ether oxygens (including phenoxy) is 1. The molecule has 18 heavy (non-hydrogen) atoms. The summed E-state index contributed by atoms with van der Waals surface area (Å²) in [5.74, 6) is 0.624. The first-order chi connectivity index (χ1) is 8.79. The number of carbonyl (C=O) groups is 1. The van der Waals surface area contributed by atoms with E-state index in [1.807, 2.05) is 36.4 Å². The van der Waals surface area contributed by atoms with Gasteiger partial charge < -0.3 is 10.1 Å². The van der Waals surface area contributed by atoms with Gasteiger partial charge in [0.2, 0.25) is 5.91 Å². The minimum absolute atomic E-state index is 0.183. The SMILES string of the molecule is C=CC(=O)NCCOc1ccc2ccccc2c1. The summed E-state index contributed by atoms with van der Waals surface area (Å²) < 4.78 is 5.56. The lowest BCUT2D eigenvalue weighted by Gasteiger charge is -2.07. The van der Waals surface area contributed by atoms with Crippen molar-refractivity contribution >= 4 is 16.7 Å². The van der Waals surface area contributed by atoms with Gasteiger partial charge in [-0.05, 0) is 29.0 Å². The molecule has 0 bridgehead atoms. The van der Waals surface area contributed by atoms with Crippen LogP contribution in [0.2, 0.25) is 0 Å². The summed E-state index contributed by atoms with van der Waals surface area (Å²) in [5, 5.41) is 4.99. The molecule has 2 aromatic carbocycles. The van der Waals surface area contributed by atoms with E-state index >= 15 is 0 Å². The number of hydrogen-bond donors (Lipinski definition) is 1.